The Bertz CT molecular complexity index is 503. The summed E-state index contributed by atoms with van der Waals surface area (Å²) in [5.41, 5.74) is 1.21. The van der Waals surface area contributed by atoms with E-state index in [0.717, 1.165) is 12.8 Å². The number of benzene rings is 1. The lowest BCUT2D eigenvalue weighted by atomic mass is 10.1. The Morgan fingerprint density at radius 1 is 1.52 bits per heavy atom. The van der Waals surface area contributed by atoms with E-state index in [-0.39, 0.29) is 18.3 Å². The minimum Gasteiger partial charge on any atom is -0.374 e. The van der Waals surface area contributed by atoms with Gasteiger partial charge in [0.1, 0.15) is 0 Å². The molecule has 0 spiro atoms. The average Bonchev–Trinajstić information content (AvgIpc) is 2.46. The zero-order valence-corrected chi connectivity index (χ0v) is 15.3. The first kappa shape index (κ1) is 17.4. The summed E-state index contributed by atoms with van der Waals surface area (Å²) in [6, 6.07) is 8.50. The molecule has 1 aliphatic rings. The van der Waals surface area contributed by atoms with Crippen molar-refractivity contribution < 1.29 is 14.2 Å². The Balaban J connectivity index is 1.84. The van der Waals surface area contributed by atoms with Crippen LogP contribution in [0.2, 0.25) is 0 Å². The molecule has 6 heteroatoms. The number of hydrogen-bond acceptors (Lipinski definition) is 3. The predicted octanol–water partition coefficient (Wildman–Crippen LogP) is 3.39. The quantitative estimate of drug-likeness (QED) is 0.544. The molecule has 0 aliphatic carbocycles. The van der Waals surface area contributed by atoms with Crippen molar-refractivity contribution in [3.63, 3.8) is 0 Å². The van der Waals surface area contributed by atoms with Crippen molar-refractivity contribution in [2.75, 3.05) is 25.5 Å². The van der Waals surface area contributed by atoms with Crippen LogP contribution < -0.4 is 5.32 Å². The summed E-state index contributed by atoms with van der Waals surface area (Å²) < 4.78 is 19.1. The van der Waals surface area contributed by atoms with Crippen molar-refractivity contribution in [2.24, 2.45) is 0 Å². The van der Waals surface area contributed by atoms with Gasteiger partial charge >= 0.3 is 0 Å². The molecule has 0 radical (unpaired) electrons. The van der Waals surface area contributed by atoms with Gasteiger partial charge in [-0.15, -0.1) is 0 Å². The molecular weight excluding hydrogens is 400 g/mol. The van der Waals surface area contributed by atoms with Crippen LogP contribution in [0, 0.1) is 3.57 Å². The Morgan fingerprint density at radius 3 is 2.95 bits per heavy atom. The second kappa shape index (κ2) is 8.06. The summed E-state index contributed by atoms with van der Waals surface area (Å²) in [5.74, 6) is 0. The molecule has 1 heterocycles. The monoisotopic (exact) mass is 423 g/mol. The van der Waals surface area contributed by atoms with Crippen LogP contribution >= 0.6 is 30.0 Å². The predicted molar refractivity (Wildman–Crippen MR) is 94.1 cm³/mol. The number of ether oxygens (including phenoxy) is 1. The van der Waals surface area contributed by atoms with Crippen LogP contribution in [0.5, 0.6) is 0 Å². The molecule has 1 aliphatic heterocycles. The van der Waals surface area contributed by atoms with E-state index in [0.29, 0.717) is 19.3 Å². The second-order valence-corrected chi connectivity index (χ2v) is 9.33. The summed E-state index contributed by atoms with van der Waals surface area (Å²) in [7, 11) is -3.04. The first-order valence-corrected chi connectivity index (χ1v) is 10.5. The van der Waals surface area contributed by atoms with Gasteiger partial charge in [-0.05, 0) is 46.7 Å². The molecule has 0 saturated carbocycles. The fourth-order valence-electron chi connectivity index (χ4n) is 2.49. The van der Waals surface area contributed by atoms with Gasteiger partial charge in [0.05, 0.1) is 24.9 Å². The van der Waals surface area contributed by atoms with Gasteiger partial charge in [0.25, 0.3) is 0 Å². The first-order chi connectivity index (χ1) is 10.00. The minimum absolute atomic E-state index is 0.156. The van der Waals surface area contributed by atoms with Crippen LogP contribution in [-0.4, -0.2) is 36.5 Å². The summed E-state index contributed by atoms with van der Waals surface area (Å²) in [5, 5.41) is 3.43. The van der Waals surface area contributed by atoms with Crippen molar-refractivity contribution in [1.82, 2.24) is 5.32 Å². The lowest BCUT2D eigenvalue weighted by Crippen LogP contribution is -2.42. The smallest absolute Gasteiger partial charge is 0.203 e. The number of morpholine rings is 1. The lowest BCUT2D eigenvalue weighted by Gasteiger charge is -2.31. The van der Waals surface area contributed by atoms with Crippen LogP contribution in [0.4, 0.5) is 0 Å². The molecule has 1 saturated heterocycles. The molecule has 1 fully saturated rings. The van der Waals surface area contributed by atoms with Crippen molar-refractivity contribution in [1.29, 1.82) is 0 Å². The fraction of sp³-hybridized carbons (Fsp3) is 0.600. The van der Waals surface area contributed by atoms with Gasteiger partial charge in [-0.1, -0.05) is 25.5 Å². The maximum atomic E-state index is 12.1. The number of hydrogen-bond donors (Lipinski definition) is 2. The van der Waals surface area contributed by atoms with Gasteiger partial charge in [-0.2, -0.15) is 0 Å². The van der Waals surface area contributed by atoms with E-state index in [1.54, 1.807) is 0 Å². The highest BCUT2D eigenvalue weighted by molar-refractivity contribution is 14.1. The molecule has 1 aromatic rings. The van der Waals surface area contributed by atoms with Crippen molar-refractivity contribution >= 4 is 30.0 Å². The summed E-state index contributed by atoms with van der Waals surface area (Å²) in [6.07, 6.45) is 2.27. The molecular formula is C15H23INO3P. The second-order valence-electron chi connectivity index (χ2n) is 5.58. The highest BCUT2D eigenvalue weighted by atomic mass is 127. The zero-order chi connectivity index (χ0) is 15.3. The molecule has 2 rings (SSSR count). The van der Waals surface area contributed by atoms with E-state index >= 15 is 0 Å². The van der Waals surface area contributed by atoms with Gasteiger partial charge in [0, 0.05) is 16.3 Å². The maximum Gasteiger partial charge on any atom is 0.203 e. The van der Waals surface area contributed by atoms with E-state index in [2.05, 4.69) is 46.1 Å². The first-order valence-electron chi connectivity index (χ1n) is 7.41. The summed E-state index contributed by atoms with van der Waals surface area (Å²) >= 11 is 2.30. The molecule has 21 heavy (non-hydrogen) atoms. The van der Waals surface area contributed by atoms with Crippen LogP contribution in [-0.2, 0) is 9.30 Å². The maximum absolute atomic E-state index is 12.1. The van der Waals surface area contributed by atoms with Crippen molar-refractivity contribution in [3.05, 3.63) is 33.4 Å². The molecule has 2 N–H and O–H groups in total. The molecule has 0 amide bonds. The highest BCUT2D eigenvalue weighted by Gasteiger charge is 2.28. The minimum atomic E-state index is -3.04. The number of halogens is 1. The Kier molecular flexibility index (Phi) is 6.69. The van der Waals surface area contributed by atoms with Gasteiger partial charge in [0.2, 0.25) is 7.37 Å². The summed E-state index contributed by atoms with van der Waals surface area (Å²) in [4.78, 5) is 9.96. The number of rotatable bonds is 6. The molecule has 118 valence electrons. The van der Waals surface area contributed by atoms with Gasteiger partial charge in [-0.3, -0.25) is 4.57 Å². The Labute approximate surface area is 140 Å². The van der Waals surface area contributed by atoms with Crippen LogP contribution in [0.3, 0.4) is 0 Å². The van der Waals surface area contributed by atoms with Crippen molar-refractivity contribution in [3.8, 4) is 0 Å². The average molecular weight is 423 g/mol. The fourth-order valence-corrected chi connectivity index (χ4v) is 4.92. The largest absolute Gasteiger partial charge is 0.374 e. The summed E-state index contributed by atoms with van der Waals surface area (Å²) in [6.45, 7) is 3.22. The third kappa shape index (κ3) is 5.64. The van der Waals surface area contributed by atoms with Gasteiger partial charge in [0.15, 0.2) is 0 Å². The molecule has 0 bridgehead atoms. The Hall–Kier alpha value is 0.0600. The third-order valence-electron chi connectivity index (χ3n) is 3.69. The molecule has 4 nitrogen and oxygen atoms in total. The molecule has 1 unspecified atom stereocenters. The van der Waals surface area contributed by atoms with Gasteiger partial charge < -0.3 is 14.9 Å². The Morgan fingerprint density at radius 2 is 2.33 bits per heavy atom. The topological polar surface area (TPSA) is 58.6 Å². The highest BCUT2D eigenvalue weighted by Crippen LogP contribution is 2.42. The van der Waals surface area contributed by atoms with Crippen LogP contribution in [0.25, 0.3) is 0 Å². The zero-order valence-electron chi connectivity index (χ0n) is 12.3. The molecule has 1 aromatic carbocycles. The SMILES string of the molecule is CCCCP(=O)(O)C[C@H]1CN[C@@H](c2cccc(I)c2)CO1. The van der Waals surface area contributed by atoms with E-state index in [4.69, 9.17) is 4.74 Å². The normalized spacial score (nSPS) is 25.5. The van der Waals surface area contributed by atoms with Crippen LogP contribution in [0.1, 0.15) is 31.4 Å². The van der Waals surface area contributed by atoms with Crippen molar-refractivity contribution in [2.45, 2.75) is 31.9 Å². The van der Waals surface area contributed by atoms with E-state index < -0.39 is 7.37 Å². The number of unbranched alkanes of at least 4 members (excludes halogenated alkanes) is 1. The third-order valence-corrected chi connectivity index (χ3v) is 6.36. The van der Waals surface area contributed by atoms with Crippen LogP contribution in [0.15, 0.2) is 24.3 Å². The van der Waals surface area contributed by atoms with E-state index in [1.807, 2.05) is 13.0 Å². The van der Waals surface area contributed by atoms with Gasteiger partial charge in [-0.25, -0.2) is 0 Å². The lowest BCUT2D eigenvalue weighted by molar-refractivity contribution is 0.0157. The number of nitrogens with one attached hydrogen (secondary N) is 1. The standard InChI is InChI=1S/C15H23INO3P/c1-2-3-7-21(18,19)11-14-9-17-15(10-20-14)12-5-4-6-13(16)8-12/h4-6,8,14-15,17H,2-3,7,9-11H2,1H3,(H,18,19)/t14-,15-/m1/s1. The van der Waals surface area contributed by atoms with E-state index in [1.165, 1.54) is 9.13 Å². The molecule has 3 atom stereocenters. The van der Waals surface area contributed by atoms with E-state index in [9.17, 15) is 9.46 Å². The molecule has 0 aromatic heterocycles.